The first-order valence-corrected chi connectivity index (χ1v) is 11.4. The number of rotatable bonds is 11. The molecule has 0 saturated heterocycles. The number of nitrogens with one attached hydrogen (secondary N) is 2. The minimum atomic E-state index is -3.20. The summed E-state index contributed by atoms with van der Waals surface area (Å²) in [5, 5.41) is 5.53. The normalized spacial score (nSPS) is 10.9. The van der Waals surface area contributed by atoms with E-state index in [1.807, 2.05) is 0 Å². The van der Waals surface area contributed by atoms with E-state index in [-0.39, 0.29) is 5.75 Å². The van der Waals surface area contributed by atoms with Gasteiger partial charge in [-0.3, -0.25) is 14.8 Å². The van der Waals surface area contributed by atoms with Crippen LogP contribution >= 0.6 is 0 Å². The van der Waals surface area contributed by atoms with Crippen molar-refractivity contribution in [3.8, 4) is 28.7 Å². The lowest BCUT2D eigenvalue weighted by molar-refractivity contribution is -0.0501. The Morgan fingerprint density at radius 1 is 0.974 bits per heavy atom. The number of carbonyl (C=O) groups excluding carboxylic acids is 1. The third-order valence-corrected chi connectivity index (χ3v) is 5.35. The van der Waals surface area contributed by atoms with E-state index in [0.29, 0.717) is 35.6 Å². The summed E-state index contributed by atoms with van der Waals surface area (Å²) in [6.45, 7) is -2.22. The summed E-state index contributed by atoms with van der Waals surface area (Å²) >= 11 is 0. The van der Waals surface area contributed by atoms with Crippen molar-refractivity contribution < 1.29 is 41.3 Å². The fourth-order valence-electron chi connectivity index (χ4n) is 3.52. The molecule has 39 heavy (non-hydrogen) atoms. The maximum absolute atomic E-state index is 15.0. The maximum Gasteiger partial charge on any atom is 0.387 e. The molecule has 0 spiro atoms. The number of hydrogen-bond acceptors (Lipinski definition) is 8. The molecule has 2 aromatic heterocycles. The SMILES string of the molecule is CNCCOc1cc2nccc(Oc3ccc(NC(=O)c4cnccc4OC(F)F)c(F)c3F)c2cc1OC. The van der Waals surface area contributed by atoms with E-state index in [1.54, 1.807) is 19.2 Å². The molecule has 0 bridgehead atoms. The van der Waals surface area contributed by atoms with Crippen LogP contribution in [0.25, 0.3) is 10.9 Å². The van der Waals surface area contributed by atoms with Crippen LogP contribution in [0.3, 0.4) is 0 Å². The van der Waals surface area contributed by atoms with Crippen molar-refractivity contribution in [2.45, 2.75) is 6.61 Å². The first kappa shape index (κ1) is 27.4. The molecular weight excluding hydrogens is 524 g/mol. The smallest absolute Gasteiger partial charge is 0.387 e. The molecule has 0 saturated carbocycles. The van der Waals surface area contributed by atoms with Crippen molar-refractivity contribution in [1.29, 1.82) is 0 Å². The second kappa shape index (κ2) is 12.3. The number of halogens is 4. The van der Waals surface area contributed by atoms with Gasteiger partial charge in [-0.25, -0.2) is 4.39 Å². The molecule has 204 valence electrons. The van der Waals surface area contributed by atoms with Crippen molar-refractivity contribution in [2.75, 3.05) is 32.6 Å². The van der Waals surface area contributed by atoms with Gasteiger partial charge >= 0.3 is 6.61 Å². The summed E-state index contributed by atoms with van der Waals surface area (Å²) in [5.74, 6) is -3.85. The molecule has 2 N–H and O–H groups in total. The number of hydrogen-bond donors (Lipinski definition) is 2. The van der Waals surface area contributed by atoms with Gasteiger partial charge in [-0.1, -0.05) is 0 Å². The Bertz CT molecular complexity index is 1490. The number of aromatic nitrogens is 2. The van der Waals surface area contributed by atoms with Crippen LogP contribution in [0.2, 0.25) is 0 Å². The lowest BCUT2D eigenvalue weighted by Crippen LogP contribution is -2.16. The number of carbonyl (C=O) groups is 1. The van der Waals surface area contributed by atoms with Gasteiger partial charge in [0, 0.05) is 36.6 Å². The monoisotopic (exact) mass is 546 g/mol. The molecule has 0 radical (unpaired) electrons. The second-order valence-corrected chi connectivity index (χ2v) is 7.83. The number of nitrogens with zero attached hydrogens (tertiary/aromatic N) is 2. The highest BCUT2D eigenvalue weighted by atomic mass is 19.3. The largest absolute Gasteiger partial charge is 0.493 e. The van der Waals surface area contributed by atoms with Gasteiger partial charge < -0.3 is 29.6 Å². The minimum Gasteiger partial charge on any atom is -0.493 e. The minimum absolute atomic E-state index is 0.152. The lowest BCUT2D eigenvalue weighted by Gasteiger charge is -2.15. The molecule has 9 nitrogen and oxygen atoms in total. The topological polar surface area (TPSA) is 104 Å². The fourth-order valence-corrected chi connectivity index (χ4v) is 3.52. The number of alkyl halides is 2. The number of methoxy groups -OCH3 is 1. The van der Waals surface area contributed by atoms with Gasteiger partial charge in [0.25, 0.3) is 5.91 Å². The summed E-state index contributed by atoms with van der Waals surface area (Å²) in [5.41, 5.74) is -0.499. The predicted octanol–water partition coefficient (Wildman–Crippen LogP) is 5.16. The molecule has 0 aliphatic heterocycles. The lowest BCUT2D eigenvalue weighted by atomic mass is 10.1. The van der Waals surface area contributed by atoms with E-state index < -0.39 is 46.9 Å². The summed E-state index contributed by atoms with van der Waals surface area (Å²) in [6, 6.07) is 7.91. The van der Waals surface area contributed by atoms with Gasteiger partial charge in [0.15, 0.2) is 23.1 Å². The van der Waals surface area contributed by atoms with Crippen LogP contribution in [0.15, 0.2) is 55.0 Å². The standard InChI is InChI=1S/C26H22F4N4O5/c1-31-9-10-37-22-12-17-14(11-21(22)36-2)18(6-8-33-17)38-20-4-3-16(23(27)24(20)28)34-25(35)15-13-32-7-5-19(15)39-26(29)30/h3-8,11-13,26,31H,9-10H2,1-2H3,(H,34,35). The molecule has 0 fully saturated rings. The van der Waals surface area contributed by atoms with Gasteiger partial charge in [-0.15, -0.1) is 0 Å². The maximum atomic E-state index is 15.0. The Morgan fingerprint density at radius 3 is 2.51 bits per heavy atom. The highest BCUT2D eigenvalue weighted by Gasteiger charge is 2.21. The zero-order valence-electron chi connectivity index (χ0n) is 20.6. The molecular formula is C26H22F4N4O5. The van der Waals surface area contributed by atoms with Crippen LogP contribution in [-0.4, -0.2) is 49.8 Å². The zero-order valence-corrected chi connectivity index (χ0v) is 20.6. The summed E-state index contributed by atoms with van der Waals surface area (Å²) in [6.07, 6.45) is 3.52. The van der Waals surface area contributed by atoms with E-state index in [0.717, 1.165) is 30.6 Å². The van der Waals surface area contributed by atoms with Crippen LogP contribution in [0, 0.1) is 11.6 Å². The second-order valence-electron chi connectivity index (χ2n) is 7.83. The van der Waals surface area contributed by atoms with Gasteiger partial charge in [0.2, 0.25) is 5.82 Å². The van der Waals surface area contributed by atoms with Crippen molar-refractivity contribution >= 4 is 22.5 Å². The van der Waals surface area contributed by atoms with Crippen molar-refractivity contribution in [2.24, 2.45) is 0 Å². The average molecular weight is 546 g/mol. The molecule has 4 rings (SSSR count). The molecule has 1 amide bonds. The van der Waals surface area contributed by atoms with Crippen LogP contribution in [-0.2, 0) is 0 Å². The quantitative estimate of drug-likeness (QED) is 0.196. The first-order chi connectivity index (χ1) is 18.8. The van der Waals surface area contributed by atoms with E-state index in [2.05, 4.69) is 25.3 Å². The zero-order chi connectivity index (χ0) is 27.9. The Morgan fingerprint density at radius 2 is 1.77 bits per heavy atom. The first-order valence-electron chi connectivity index (χ1n) is 11.4. The molecule has 13 heteroatoms. The van der Waals surface area contributed by atoms with Gasteiger partial charge in [0.1, 0.15) is 23.7 Å². The Kier molecular flexibility index (Phi) is 8.61. The Hall–Kier alpha value is -4.65. The van der Waals surface area contributed by atoms with Gasteiger partial charge in [-0.2, -0.15) is 13.2 Å². The summed E-state index contributed by atoms with van der Waals surface area (Å²) in [4.78, 5) is 20.5. The van der Waals surface area contributed by atoms with Crippen LogP contribution in [0.5, 0.6) is 28.7 Å². The predicted molar refractivity (Wildman–Crippen MR) is 133 cm³/mol. The third-order valence-electron chi connectivity index (χ3n) is 5.35. The highest BCUT2D eigenvalue weighted by molar-refractivity contribution is 6.06. The summed E-state index contributed by atoms with van der Waals surface area (Å²) < 4.78 is 76.2. The number of ether oxygens (including phenoxy) is 4. The number of anilines is 1. The molecule has 2 aromatic carbocycles. The Balaban J connectivity index is 1.59. The number of pyridine rings is 2. The van der Waals surface area contributed by atoms with E-state index in [9.17, 15) is 22.4 Å². The Labute approximate surface area is 219 Å². The van der Waals surface area contributed by atoms with Gasteiger partial charge in [-0.05, 0) is 37.4 Å². The van der Waals surface area contributed by atoms with Crippen LogP contribution in [0.4, 0.5) is 23.2 Å². The van der Waals surface area contributed by atoms with Crippen LogP contribution in [0.1, 0.15) is 10.4 Å². The van der Waals surface area contributed by atoms with E-state index in [1.165, 1.54) is 19.4 Å². The molecule has 2 heterocycles. The molecule has 0 atom stereocenters. The van der Waals surface area contributed by atoms with Crippen molar-refractivity contribution in [3.05, 3.63) is 72.2 Å². The van der Waals surface area contributed by atoms with Gasteiger partial charge in [0.05, 0.1) is 18.3 Å². The third kappa shape index (κ3) is 6.26. The number of likely N-dealkylation sites (N-methyl/N-ethyl adjacent to an activating group) is 1. The van der Waals surface area contributed by atoms with Crippen molar-refractivity contribution in [3.63, 3.8) is 0 Å². The highest BCUT2D eigenvalue weighted by Crippen LogP contribution is 2.38. The number of benzene rings is 2. The fraction of sp³-hybridized carbons (Fsp3) is 0.192. The number of amides is 1. The number of fused-ring (bicyclic) bond motifs is 1. The van der Waals surface area contributed by atoms with Crippen LogP contribution < -0.4 is 29.6 Å². The molecule has 0 aliphatic rings. The van der Waals surface area contributed by atoms with E-state index in [4.69, 9.17) is 14.2 Å². The average Bonchev–Trinajstić information content (AvgIpc) is 2.92. The molecule has 0 aliphatic carbocycles. The van der Waals surface area contributed by atoms with Crippen molar-refractivity contribution in [1.82, 2.24) is 15.3 Å². The molecule has 4 aromatic rings. The summed E-state index contributed by atoms with van der Waals surface area (Å²) in [7, 11) is 3.25. The van der Waals surface area contributed by atoms with E-state index >= 15 is 0 Å². The molecule has 0 unspecified atom stereocenters.